The Morgan fingerprint density at radius 1 is 1.42 bits per heavy atom. The largest absolute Gasteiger partial charge is 0.440 e. The second-order valence-electron chi connectivity index (χ2n) is 5.79. The van der Waals surface area contributed by atoms with Gasteiger partial charge in [-0.05, 0) is 55.5 Å². The average Bonchev–Trinajstić information content (AvgIpc) is 3.30. The fraction of sp³-hybridized carbons (Fsp3) is 0.412. The van der Waals surface area contributed by atoms with Gasteiger partial charge in [0.25, 0.3) is 0 Å². The first-order chi connectivity index (χ1) is 11.2. The molecule has 2 aromatic rings. The summed E-state index contributed by atoms with van der Waals surface area (Å²) in [6.45, 7) is 0. The molecule has 130 valence electrons. The van der Waals surface area contributed by atoms with E-state index in [2.05, 4.69) is 10.3 Å². The maximum absolute atomic E-state index is 12.0. The molecule has 7 heteroatoms. The number of oxazole rings is 1. The Balaban J connectivity index is 0.00000208. The van der Waals surface area contributed by atoms with Gasteiger partial charge in [0.1, 0.15) is 0 Å². The summed E-state index contributed by atoms with van der Waals surface area (Å²) in [6.07, 6.45) is 6.78. The number of anilines is 1. The molecule has 1 heterocycles. The Kier molecular flexibility index (Phi) is 6.71. The molecule has 1 saturated carbocycles. The molecular formula is C17H22ClN3O2S. The molecule has 3 N–H and O–H groups in total. The predicted molar refractivity (Wildman–Crippen MR) is 101 cm³/mol. The lowest BCUT2D eigenvalue weighted by atomic mass is 10.1. The van der Waals surface area contributed by atoms with Gasteiger partial charge in [0.2, 0.25) is 5.91 Å². The Bertz CT molecular complexity index is 671. The van der Waals surface area contributed by atoms with E-state index in [0.29, 0.717) is 12.3 Å². The third-order valence-electron chi connectivity index (χ3n) is 3.86. The molecule has 0 saturated heterocycles. The summed E-state index contributed by atoms with van der Waals surface area (Å²) in [7, 11) is 0. The van der Waals surface area contributed by atoms with Crippen LogP contribution in [0.1, 0.15) is 31.1 Å². The molecule has 1 aromatic carbocycles. The predicted octanol–water partition coefficient (Wildman–Crippen LogP) is 3.66. The van der Waals surface area contributed by atoms with Crippen LogP contribution in [0.15, 0.2) is 34.9 Å². The lowest BCUT2D eigenvalue weighted by molar-refractivity contribution is -0.117. The van der Waals surface area contributed by atoms with Crippen molar-refractivity contribution >= 4 is 35.8 Å². The number of nitrogens with one attached hydrogen (secondary N) is 1. The van der Waals surface area contributed by atoms with Crippen LogP contribution in [0.25, 0.3) is 11.3 Å². The zero-order valence-corrected chi connectivity index (χ0v) is 15.2. The normalized spacial score (nSPS) is 14.8. The van der Waals surface area contributed by atoms with E-state index in [-0.39, 0.29) is 18.3 Å². The SMILES string of the molecule is CSCC[C@H](N)C(=O)Nc1ccc(-c2cnc(C3CC3)o2)cc1.Cl. The van der Waals surface area contributed by atoms with Crippen molar-refractivity contribution in [3.63, 3.8) is 0 Å². The molecule has 3 rings (SSSR count). The van der Waals surface area contributed by atoms with E-state index < -0.39 is 6.04 Å². The Labute approximate surface area is 152 Å². The van der Waals surface area contributed by atoms with Gasteiger partial charge in [-0.2, -0.15) is 11.8 Å². The molecule has 1 fully saturated rings. The molecule has 0 unspecified atom stereocenters. The maximum atomic E-state index is 12.0. The molecule has 0 aliphatic heterocycles. The number of carbonyl (C=O) groups is 1. The van der Waals surface area contributed by atoms with E-state index in [4.69, 9.17) is 10.2 Å². The number of hydrogen-bond donors (Lipinski definition) is 2. The maximum Gasteiger partial charge on any atom is 0.241 e. The van der Waals surface area contributed by atoms with Crippen LogP contribution in [0.4, 0.5) is 5.69 Å². The van der Waals surface area contributed by atoms with Gasteiger partial charge in [-0.1, -0.05) is 0 Å². The summed E-state index contributed by atoms with van der Waals surface area (Å²) in [5, 5.41) is 2.84. The van der Waals surface area contributed by atoms with E-state index in [9.17, 15) is 4.79 Å². The van der Waals surface area contributed by atoms with Gasteiger partial charge in [0.05, 0.1) is 12.2 Å². The first-order valence-corrected chi connectivity index (χ1v) is 9.18. The molecule has 5 nitrogen and oxygen atoms in total. The van der Waals surface area contributed by atoms with Crippen molar-refractivity contribution in [3.8, 4) is 11.3 Å². The van der Waals surface area contributed by atoms with Crippen molar-refractivity contribution in [2.75, 3.05) is 17.3 Å². The summed E-state index contributed by atoms with van der Waals surface area (Å²) < 4.78 is 5.78. The molecular weight excluding hydrogens is 346 g/mol. The number of halogens is 1. The third-order valence-corrected chi connectivity index (χ3v) is 4.50. The molecule has 24 heavy (non-hydrogen) atoms. The number of aromatic nitrogens is 1. The number of thioether (sulfide) groups is 1. The van der Waals surface area contributed by atoms with Gasteiger partial charge >= 0.3 is 0 Å². The topological polar surface area (TPSA) is 81.2 Å². The van der Waals surface area contributed by atoms with Crippen LogP contribution in [0.5, 0.6) is 0 Å². The van der Waals surface area contributed by atoms with Crippen molar-refractivity contribution in [3.05, 3.63) is 36.4 Å². The fourth-order valence-electron chi connectivity index (χ4n) is 2.27. The summed E-state index contributed by atoms with van der Waals surface area (Å²) in [5.41, 5.74) is 7.55. The third kappa shape index (κ3) is 4.75. The van der Waals surface area contributed by atoms with Gasteiger partial charge in [0.15, 0.2) is 11.7 Å². The lowest BCUT2D eigenvalue weighted by Gasteiger charge is -2.11. The summed E-state index contributed by atoms with van der Waals surface area (Å²) in [5.74, 6) is 2.83. The molecule has 1 aliphatic rings. The first-order valence-electron chi connectivity index (χ1n) is 7.79. The van der Waals surface area contributed by atoms with Gasteiger partial charge in [-0.25, -0.2) is 4.98 Å². The Morgan fingerprint density at radius 2 is 2.12 bits per heavy atom. The highest BCUT2D eigenvalue weighted by Crippen LogP contribution is 2.40. The van der Waals surface area contributed by atoms with E-state index in [1.807, 2.05) is 30.5 Å². The lowest BCUT2D eigenvalue weighted by Crippen LogP contribution is -2.36. The van der Waals surface area contributed by atoms with E-state index in [1.165, 1.54) is 12.8 Å². The van der Waals surface area contributed by atoms with Crippen LogP contribution >= 0.6 is 24.2 Å². The van der Waals surface area contributed by atoms with Crippen LogP contribution in [0, 0.1) is 0 Å². The van der Waals surface area contributed by atoms with Crippen LogP contribution in [0.3, 0.4) is 0 Å². The number of nitrogens with two attached hydrogens (primary N) is 1. The standard InChI is InChI=1S/C17H21N3O2S.ClH/c1-23-9-8-14(18)16(21)20-13-6-4-11(5-7-13)15-10-19-17(22-15)12-2-3-12;/h4-7,10,12,14H,2-3,8-9,18H2,1H3,(H,20,21);1H/t14-;/m0./s1. The number of benzene rings is 1. The molecule has 0 spiro atoms. The minimum absolute atomic E-state index is 0. The van der Waals surface area contributed by atoms with E-state index in [1.54, 1.807) is 18.0 Å². The van der Waals surface area contributed by atoms with Crippen molar-refractivity contribution < 1.29 is 9.21 Å². The van der Waals surface area contributed by atoms with Gasteiger partial charge in [-0.15, -0.1) is 12.4 Å². The van der Waals surface area contributed by atoms with Crippen LogP contribution in [-0.2, 0) is 4.79 Å². The van der Waals surface area contributed by atoms with Crippen molar-refractivity contribution in [1.82, 2.24) is 4.98 Å². The molecule has 1 aromatic heterocycles. The minimum Gasteiger partial charge on any atom is -0.440 e. The highest BCUT2D eigenvalue weighted by atomic mass is 35.5. The monoisotopic (exact) mass is 367 g/mol. The summed E-state index contributed by atoms with van der Waals surface area (Å²) in [6, 6.07) is 7.07. The van der Waals surface area contributed by atoms with Crippen LogP contribution in [0.2, 0.25) is 0 Å². The summed E-state index contributed by atoms with van der Waals surface area (Å²) in [4.78, 5) is 16.3. The quantitative estimate of drug-likeness (QED) is 0.780. The van der Waals surface area contributed by atoms with Crippen LogP contribution in [-0.4, -0.2) is 28.9 Å². The number of amides is 1. The van der Waals surface area contributed by atoms with Crippen LogP contribution < -0.4 is 11.1 Å². The van der Waals surface area contributed by atoms with Crippen molar-refractivity contribution in [1.29, 1.82) is 0 Å². The molecule has 0 bridgehead atoms. The van der Waals surface area contributed by atoms with Crippen molar-refractivity contribution in [2.45, 2.75) is 31.2 Å². The Hall–Kier alpha value is -1.50. The molecule has 1 atom stereocenters. The highest BCUT2D eigenvalue weighted by Gasteiger charge is 2.28. The second-order valence-corrected chi connectivity index (χ2v) is 6.78. The van der Waals surface area contributed by atoms with Crippen molar-refractivity contribution in [2.24, 2.45) is 5.73 Å². The van der Waals surface area contributed by atoms with Gasteiger partial charge in [0, 0.05) is 17.2 Å². The number of carbonyl (C=O) groups excluding carboxylic acids is 1. The molecule has 1 amide bonds. The second kappa shape index (κ2) is 8.55. The first kappa shape index (κ1) is 18.8. The van der Waals surface area contributed by atoms with E-state index >= 15 is 0 Å². The average molecular weight is 368 g/mol. The number of hydrogen-bond acceptors (Lipinski definition) is 5. The smallest absolute Gasteiger partial charge is 0.241 e. The summed E-state index contributed by atoms with van der Waals surface area (Å²) >= 11 is 1.69. The van der Waals surface area contributed by atoms with E-state index in [0.717, 1.165) is 28.7 Å². The number of nitrogens with zero attached hydrogens (tertiary/aromatic N) is 1. The molecule has 0 radical (unpaired) electrons. The fourth-order valence-corrected chi connectivity index (χ4v) is 2.76. The van der Waals surface area contributed by atoms with Gasteiger partial charge < -0.3 is 15.5 Å². The zero-order chi connectivity index (χ0) is 16.2. The van der Waals surface area contributed by atoms with Gasteiger partial charge in [-0.3, -0.25) is 4.79 Å². The highest BCUT2D eigenvalue weighted by molar-refractivity contribution is 7.98. The minimum atomic E-state index is -0.475. The Morgan fingerprint density at radius 3 is 2.75 bits per heavy atom. The number of rotatable bonds is 7. The zero-order valence-electron chi connectivity index (χ0n) is 13.5. The molecule has 1 aliphatic carbocycles.